The van der Waals surface area contributed by atoms with Crippen LogP contribution in [0.15, 0.2) is 35.1 Å². The maximum atomic E-state index is 12.4. The molecule has 0 atom stereocenters. The van der Waals surface area contributed by atoms with Crippen LogP contribution in [0.25, 0.3) is 0 Å². The Morgan fingerprint density at radius 2 is 2.00 bits per heavy atom. The van der Waals surface area contributed by atoms with Crippen LogP contribution in [0.2, 0.25) is 0 Å². The van der Waals surface area contributed by atoms with Crippen LogP contribution in [-0.4, -0.2) is 48.1 Å². The van der Waals surface area contributed by atoms with Crippen molar-refractivity contribution < 1.29 is 0 Å². The van der Waals surface area contributed by atoms with E-state index in [4.69, 9.17) is 0 Å². The van der Waals surface area contributed by atoms with Gasteiger partial charge >= 0.3 is 0 Å². The van der Waals surface area contributed by atoms with E-state index < -0.39 is 0 Å². The molecule has 1 saturated heterocycles. The highest BCUT2D eigenvalue weighted by Crippen LogP contribution is 2.35. The molecule has 4 rings (SSSR count). The molecule has 3 heterocycles. The minimum absolute atomic E-state index is 0.00358. The van der Waals surface area contributed by atoms with Gasteiger partial charge in [-0.1, -0.05) is 30.3 Å². The first-order chi connectivity index (χ1) is 12.7. The topological polar surface area (TPSA) is 73.0 Å². The van der Waals surface area contributed by atoms with Gasteiger partial charge in [-0.15, -0.1) is 0 Å². The zero-order chi connectivity index (χ0) is 18.0. The van der Waals surface area contributed by atoms with Gasteiger partial charge in [0.2, 0.25) is 5.95 Å². The zero-order valence-corrected chi connectivity index (χ0v) is 15.3. The molecular formula is C20H27N5O. The minimum Gasteiger partial charge on any atom is -0.355 e. The Labute approximate surface area is 154 Å². The quantitative estimate of drug-likeness (QED) is 0.777. The summed E-state index contributed by atoms with van der Waals surface area (Å²) in [5, 5.41) is 6.74. The highest BCUT2D eigenvalue weighted by Gasteiger charge is 2.35. The molecule has 0 aliphatic carbocycles. The van der Waals surface area contributed by atoms with Gasteiger partial charge < -0.3 is 15.5 Å². The summed E-state index contributed by atoms with van der Waals surface area (Å²) in [4.78, 5) is 22.3. The normalized spacial score (nSPS) is 19.7. The number of H-pyrrole nitrogens is 1. The summed E-state index contributed by atoms with van der Waals surface area (Å²) < 4.78 is 0. The van der Waals surface area contributed by atoms with E-state index >= 15 is 0 Å². The predicted molar refractivity (Wildman–Crippen MR) is 104 cm³/mol. The van der Waals surface area contributed by atoms with Gasteiger partial charge in [-0.05, 0) is 51.5 Å². The van der Waals surface area contributed by atoms with Gasteiger partial charge in [0.15, 0.2) is 0 Å². The van der Waals surface area contributed by atoms with E-state index in [1.807, 2.05) is 0 Å². The monoisotopic (exact) mass is 353 g/mol. The molecule has 0 amide bonds. The summed E-state index contributed by atoms with van der Waals surface area (Å²) in [5.74, 6) is 0.590. The number of hydrogen-bond donors (Lipinski definition) is 3. The summed E-state index contributed by atoms with van der Waals surface area (Å²) in [6.07, 6.45) is 2.94. The molecule has 2 aliphatic rings. The van der Waals surface area contributed by atoms with Crippen LogP contribution in [0.5, 0.6) is 0 Å². The molecule has 26 heavy (non-hydrogen) atoms. The summed E-state index contributed by atoms with van der Waals surface area (Å²) >= 11 is 0. The zero-order valence-electron chi connectivity index (χ0n) is 15.3. The number of rotatable bonds is 4. The number of benzene rings is 1. The Kier molecular flexibility index (Phi) is 4.78. The largest absolute Gasteiger partial charge is 0.355 e. The third-order valence-electron chi connectivity index (χ3n) is 5.87. The van der Waals surface area contributed by atoms with Gasteiger partial charge in [-0.25, -0.2) is 4.98 Å². The number of fused-ring (bicyclic) bond motifs is 1. The van der Waals surface area contributed by atoms with E-state index in [1.165, 1.54) is 5.56 Å². The van der Waals surface area contributed by atoms with Gasteiger partial charge in [0.25, 0.3) is 5.56 Å². The second-order valence-electron chi connectivity index (χ2n) is 7.57. The molecule has 3 N–H and O–H groups in total. The fourth-order valence-electron chi connectivity index (χ4n) is 4.11. The number of anilines is 1. The van der Waals surface area contributed by atoms with Crippen molar-refractivity contribution in [2.24, 2.45) is 0 Å². The molecule has 0 bridgehead atoms. The molecule has 2 aromatic rings. The van der Waals surface area contributed by atoms with Crippen LogP contribution >= 0.6 is 0 Å². The molecular weight excluding hydrogens is 326 g/mol. The van der Waals surface area contributed by atoms with Crippen molar-refractivity contribution in [3.8, 4) is 0 Å². The molecule has 0 saturated carbocycles. The highest BCUT2D eigenvalue weighted by molar-refractivity contribution is 5.35. The lowest BCUT2D eigenvalue weighted by Gasteiger charge is -2.41. The van der Waals surface area contributed by atoms with E-state index in [0.717, 1.165) is 56.7 Å². The third kappa shape index (κ3) is 3.39. The highest BCUT2D eigenvalue weighted by atomic mass is 16.1. The Morgan fingerprint density at radius 1 is 1.23 bits per heavy atom. The van der Waals surface area contributed by atoms with Gasteiger partial charge in [0.05, 0.1) is 5.69 Å². The predicted octanol–water partition coefficient (Wildman–Crippen LogP) is 1.49. The van der Waals surface area contributed by atoms with Gasteiger partial charge in [-0.3, -0.25) is 9.78 Å². The van der Waals surface area contributed by atoms with Crippen molar-refractivity contribution in [3.63, 3.8) is 0 Å². The lowest BCUT2D eigenvalue weighted by molar-refractivity contribution is 0.195. The molecule has 2 aliphatic heterocycles. The Hall–Kier alpha value is -2.18. The number of aromatic amines is 1. The molecule has 6 heteroatoms. The van der Waals surface area contributed by atoms with Crippen LogP contribution in [0.4, 0.5) is 5.95 Å². The Morgan fingerprint density at radius 3 is 2.77 bits per heavy atom. The second kappa shape index (κ2) is 7.21. The lowest BCUT2D eigenvalue weighted by Crippen LogP contribution is -2.45. The maximum Gasteiger partial charge on any atom is 0.255 e. The van der Waals surface area contributed by atoms with Gasteiger partial charge in [0, 0.05) is 24.1 Å². The summed E-state index contributed by atoms with van der Waals surface area (Å²) in [7, 11) is 2.18. The van der Waals surface area contributed by atoms with E-state index in [9.17, 15) is 4.79 Å². The SMILES string of the molecule is CN1CCC(CNc2nc3c(c(=O)[nH]2)CCNC3)(c2ccccc2)CC1. The second-order valence-corrected chi connectivity index (χ2v) is 7.57. The van der Waals surface area contributed by atoms with Crippen molar-refractivity contribution in [2.75, 3.05) is 38.5 Å². The first kappa shape index (κ1) is 17.2. The van der Waals surface area contributed by atoms with Crippen LogP contribution in [0.3, 0.4) is 0 Å². The summed E-state index contributed by atoms with van der Waals surface area (Å²) in [6, 6.07) is 10.7. The summed E-state index contributed by atoms with van der Waals surface area (Å²) in [6.45, 7) is 4.45. The van der Waals surface area contributed by atoms with Crippen LogP contribution in [0.1, 0.15) is 29.7 Å². The number of nitrogens with zero attached hydrogens (tertiary/aromatic N) is 2. The molecule has 1 fully saturated rings. The fraction of sp³-hybridized carbons (Fsp3) is 0.500. The average Bonchev–Trinajstić information content (AvgIpc) is 2.69. The molecule has 0 unspecified atom stereocenters. The standard InChI is InChI=1S/C20H27N5O/c1-25-11-8-20(9-12-25,15-5-3-2-4-6-15)14-22-19-23-17-13-21-10-7-16(17)18(26)24-19/h2-6,21H,7-14H2,1H3,(H2,22,23,24,26). The number of nitrogens with one attached hydrogen (secondary N) is 3. The van der Waals surface area contributed by atoms with E-state index in [1.54, 1.807) is 0 Å². The van der Waals surface area contributed by atoms with Crippen molar-refractivity contribution >= 4 is 5.95 Å². The number of hydrogen-bond acceptors (Lipinski definition) is 5. The first-order valence-corrected chi connectivity index (χ1v) is 9.47. The Balaban J connectivity index is 1.58. The first-order valence-electron chi connectivity index (χ1n) is 9.47. The van der Waals surface area contributed by atoms with E-state index in [-0.39, 0.29) is 11.0 Å². The molecule has 1 aromatic heterocycles. The number of piperidine rings is 1. The van der Waals surface area contributed by atoms with Crippen LogP contribution < -0.4 is 16.2 Å². The van der Waals surface area contributed by atoms with Crippen molar-refractivity contribution in [1.29, 1.82) is 0 Å². The van der Waals surface area contributed by atoms with Crippen LogP contribution in [0, 0.1) is 0 Å². The average molecular weight is 353 g/mol. The summed E-state index contributed by atoms with van der Waals surface area (Å²) in [5.41, 5.74) is 3.13. The van der Waals surface area contributed by atoms with Crippen molar-refractivity contribution in [1.82, 2.24) is 20.2 Å². The Bertz CT molecular complexity index is 809. The fourth-order valence-corrected chi connectivity index (χ4v) is 4.11. The minimum atomic E-state index is -0.00358. The van der Waals surface area contributed by atoms with Crippen molar-refractivity contribution in [3.05, 3.63) is 57.5 Å². The number of likely N-dealkylation sites (tertiary alicyclic amines) is 1. The van der Waals surface area contributed by atoms with Gasteiger partial charge in [-0.2, -0.15) is 0 Å². The van der Waals surface area contributed by atoms with E-state index in [2.05, 4.69) is 62.9 Å². The smallest absolute Gasteiger partial charge is 0.255 e. The molecule has 138 valence electrons. The van der Waals surface area contributed by atoms with Crippen LogP contribution in [-0.2, 0) is 18.4 Å². The van der Waals surface area contributed by atoms with Gasteiger partial charge in [0.1, 0.15) is 0 Å². The van der Waals surface area contributed by atoms with Crippen molar-refractivity contribution in [2.45, 2.75) is 31.2 Å². The third-order valence-corrected chi connectivity index (χ3v) is 5.87. The maximum absolute atomic E-state index is 12.4. The number of aromatic nitrogens is 2. The van der Waals surface area contributed by atoms with E-state index in [0.29, 0.717) is 12.5 Å². The molecule has 6 nitrogen and oxygen atoms in total. The molecule has 0 radical (unpaired) electrons. The molecule has 1 aromatic carbocycles. The lowest BCUT2D eigenvalue weighted by atomic mass is 9.72. The molecule has 0 spiro atoms.